The molecule has 40 heavy (non-hydrogen) atoms. The van der Waals surface area contributed by atoms with Crippen LogP contribution in [0.5, 0.6) is 17.2 Å². The quantitative estimate of drug-likeness (QED) is 0.286. The van der Waals surface area contributed by atoms with Crippen LogP contribution >= 0.6 is 0 Å². The summed E-state index contributed by atoms with van der Waals surface area (Å²) in [4.78, 5) is 0. The summed E-state index contributed by atoms with van der Waals surface area (Å²) < 4.78 is 55.1. The number of nitrogens with zero attached hydrogens (tertiary/aromatic N) is 1. The first kappa shape index (κ1) is 32.5. The van der Waals surface area contributed by atoms with Gasteiger partial charge in [0, 0.05) is 0 Å². The largest absolute Gasteiger partial charge is 0.488 e. The molecule has 0 fully saturated rings. The summed E-state index contributed by atoms with van der Waals surface area (Å²) in [6.45, 7) is 18.5. The fourth-order valence-corrected chi connectivity index (χ4v) is 3.85. The molecule has 1 unspecified atom stereocenters. The second kappa shape index (κ2) is 12.6. The van der Waals surface area contributed by atoms with E-state index < -0.39 is 17.2 Å². The Kier molecular flexibility index (Phi) is 10.3. The van der Waals surface area contributed by atoms with Crippen molar-refractivity contribution in [1.29, 1.82) is 5.26 Å². The molecule has 3 nitrogen and oxygen atoms in total. The van der Waals surface area contributed by atoms with E-state index in [9.17, 15) is 18.4 Å². The summed E-state index contributed by atoms with van der Waals surface area (Å²) in [5, 5.41) is 9.47. The Balaban J connectivity index is 0.00000131. The fraction of sp³-hybridized carbons (Fsp3) is 0.382. The highest BCUT2D eigenvalue weighted by Crippen LogP contribution is 2.47. The van der Waals surface area contributed by atoms with Gasteiger partial charge in [0.2, 0.25) is 0 Å². The van der Waals surface area contributed by atoms with Crippen molar-refractivity contribution in [3.05, 3.63) is 102 Å². The van der Waals surface area contributed by atoms with Crippen molar-refractivity contribution < 1.29 is 22.6 Å². The number of allylic oxidation sites excluding steroid dienone is 1. The molecule has 0 saturated heterocycles. The van der Waals surface area contributed by atoms with Gasteiger partial charge in [-0.05, 0) is 92.6 Å². The number of halogens is 3. The lowest BCUT2D eigenvalue weighted by atomic mass is 9.75. The Morgan fingerprint density at radius 2 is 1.23 bits per heavy atom. The summed E-state index contributed by atoms with van der Waals surface area (Å²) >= 11 is 0. The average Bonchev–Trinajstić information content (AvgIpc) is 2.87. The second-order valence-corrected chi connectivity index (χ2v) is 11.8. The Morgan fingerprint density at radius 3 is 1.60 bits per heavy atom. The molecule has 0 aliphatic heterocycles. The molecule has 0 spiro atoms. The molecule has 1 atom stereocenters. The topological polar surface area (TPSA) is 42.2 Å². The zero-order chi connectivity index (χ0) is 30.4. The molecule has 0 bridgehead atoms. The summed E-state index contributed by atoms with van der Waals surface area (Å²) in [5.41, 5.74) is -1.33. The maximum Gasteiger partial charge on any atom is 0.402 e. The third-order valence-electron chi connectivity index (χ3n) is 6.34. The maximum atomic E-state index is 14.5. The van der Waals surface area contributed by atoms with Crippen LogP contribution in [0.25, 0.3) is 0 Å². The molecule has 0 aromatic heterocycles. The van der Waals surface area contributed by atoms with Crippen molar-refractivity contribution in [2.75, 3.05) is 0 Å². The minimum Gasteiger partial charge on any atom is -0.488 e. The number of nitriles is 1. The van der Waals surface area contributed by atoms with Gasteiger partial charge in [0.1, 0.15) is 34.3 Å². The molecule has 0 heterocycles. The molecule has 214 valence electrons. The van der Waals surface area contributed by atoms with Crippen LogP contribution in [-0.2, 0) is 10.8 Å². The highest BCUT2D eigenvalue weighted by Gasteiger charge is 2.53. The molecule has 0 N–H and O–H groups in total. The number of rotatable bonds is 6. The standard InChI is InChI=1S/C30H32F3NO2.C4H8/c1-27(2,3)23-9-8-20(19-34)26(18-23)35-24-14-10-21(11-15-24)29(7,30(31,32)33)22-12-16-25(17-13-22)36-28(4,5)6;1-3-4-2/h8-18H,1-7H3;3H,1,4H2,2H3. The Morgan fingerprint density at radius 1 is 0.775 bits per heavy atom. The van der Waals surface area contributed by atoms with Gasteiger partial charge in [0.15, 0.2) is 0 Å². The number of ether oxygens (including phenoxy) is 2. The van der Waals surface area contributed by atoms with E-state index in [0.29, 0.717) is 22.8 Å². The lowest BCUT2D eigenvalue weighted by molar-refractivity contribution is -0.173. The van der Waals surface area contributed by atoms with Crippen LogP contribution < -0.4 is 9.47 Å². The fourth-order valence-electron chi connectivity index (χ4n) is 3.85. The van der Waals surface area contributed by atoms with Gasteiger partial charge in [0.25, 0.3) is 0 Å². The highest BCUT2D eigenvalue weighted by atomic mass is 19.4. The summed E-state index contributed by atoms with van der Waals surface area (Å²) in [6, 6.07) is 19.3. The van der Waals surface area contributed by atoms with Crippen LogP contribution in [-0.4, -0.2) is 11.8 Å². The summed E-state index contributed by atoms with van der Waals surface area (Å²) in [7, 11) is 0. The monoisotopic (exact) mass is 551 g/mol. The summed E-state index contributed by atoms with van der Waals surface area (Å²) in [5.74, 6) is 1.22. The molecular weight excluding hydrogens is 511 g/mol. The van der Waals surface area contributed by atoms with E-state index in [1.54, 1.807) is 24.3 Å². The Labute approximate surface area is 237 Å². The first-order chi connectivity index (χ1) is 18.5. The first-order valence-corrected chi connectivity index (χ1v) is 13.3. The molecule has 0 amide bonds. The van der Waals surface area contributed by atoms with Crippen LogP contribution in [0.4, 0.5) is 13.2 Å². The van der Waals surface area contributed by atoms with Crippen molar-refractivity contribution in [3.8, 4) is 23.3 Å². The van der Waals surface area contributed by atoms with E-state index in [-0.39, 0.29) is 16.5 Å². The van der Waals surface area contributed by atoms with E-state index in [4.69, 9.17) is 9.47 Å². The zero-order valence-corrected chi connectivity index (χ0v) is 24.7. The van der Waals surface area contributed by atoms with Crippen LogP contribution in [0.1, 0.15) is 84.1 Å². The first-order valence-electron chi connectivity index (χ1n) is 13.3. The van der Waals surface area contributed by atoms with Gasteiger partial charge in [-0.1, -0.05) is 64.1 Å². The third-order valence-corrected chi connectivity index (χ3v) is 6.34. The minimum absolute atomic E-state index is 0.0794. The number of hydrogen-bond acceptors (Lipinski definition) is 3. The van der Waals surface area contributed by atoms with Gasteiger partial charge in [-0.15, -0.1) is 6.58 Å². The third kappa shape index (κ3) is 8.14. The van der Waals surface area contributed by atoms with Gasteiger partial charge in [-0.2, -0.15) is 18.4 Å². The normalized spacial score (nSPS) is 13.2. The minimum atomic E-state index is -4.54. The van der Waals surface area contributed by atoms with Crippen molar-refractivity contribution >= 4 is 0 Å². The summed E-state index contributed by atoms with van der Waals surface area (Å²) in [6.07, 6.45) is -1.59. The van der Waals surface area contributed by atoms with Crippen molar-refractivity contribution in [2.45, 2.75) is 84.4 Å². The van der Waals surface area contributed by atoms with Gasteiger partial charge in [0.05, 0.1) is 5.56 Å². The average molecular weight is 552 g/mol. The van der Waals surface area contributed by atoms with Gasteiger partial charge < -0.3 is 9.47 Å². The molecular formula is C34H40F3NO2. The second-order valence-electron chi connectivity index (χ2n) is 11.8. The predicted molar refractivity (Wildman–Crippen MR) is 156 cm³/mol. The number of alkyl halides is 3. The van der Waals surface area contributed by atoms with E-state index >= 15 is 0 Å². The Bertz CT molecular complexity index is 1310. The molecule has 0 aliphatic rings. The number of benzene rings is 3. The van der Waals surface area contributed by atoms with Crippen molar-refractivity contribution in [1.82, 2.24) is 0 Å². The van der Waals surface area contributed by atoms with E-state index in [1.165, 1.54) is 43.3 Å². The van der Waals surface area contributed by atoms with Gasteiger partial charge in [-0.25, -0.2) is 0 Å². The molecule has 6 heteroatoms. The van der Waals surface area contributed by atoms with E-state index in [1.807, 2.05) is 53.7 Å². The predicted octanol–water partition coefficient (Wildman–Crippen LogP) is 10.3. The van der Waals surface area contributed by atoms with Crippen LogP contribution in [0, 0.1) is 11.3 Å². The van der Waals surface area contributed by atoms with E-state index in [2.05, 4.69) is 19.6 Å². The molecule has 0 aliphatic carbocycles. The lowest BCUT2D eigenvalue weighted by Crippen LogP contribution is -2.40. The highest BCUT2D eigenvalue weighted by molar-refractivity contribution is 5.50. The molecule has 3 aromatic carbocycles. The smallest absolute Gasteiger partial charge is 0.402 e. The molecule has 3 rings (SSSR count). The maximum absolute atomic E-state index is 14.5. The zero-order valence-electron chi connectivity index (χ0n) is 24.7. The lowest BCUT2D eigenvalue weighted by Gasteiger charge is -2.33. The van der Waals surface area contributed by atoms with Gasteiger partial charge >= 0.3 is 6.18 Å². The molecule has 0 radical (unpaired) electrons. The SMILES string of the molecule is C=CCC.CC(C)(C)Oc1ccc(C(C)(c2ccc(Oc3cc(C(C)(C)C)ccc3C#N)cc2)C(F)(F)F)cc1. The Hall–Kier alpha value is -3.72. The van der Waals surface area contributed by atoms with Crippen molar-refractivity contribution in [3.63, 3.8) is 0 Å². The van der Waals surface area contributed by atoms with E-state index in [0.717, 1.165) is 12.0 Å². The number of hydrogen-bond donors (Lipinski definition) is 0. The van der Waals surface area contributed by atoms with Crippen molar-refractivity contribution in [2.24, 2.45) is 0 Å². The van der Waals surface area contributed by atoms with Crippen LogP contribution in [0.15, 0.2) is 79.4 Å². The van der Waals surface area contributed by atoms with Crippen LogP contribution in [0.2, 0.25) is 0 Å². The van der Waals surface area contributed by atoms with Crippen LogP contribution in [0.3, 0.4) is 0 Å². The molecule has 3 aromatic rings. The van der Waals surface area contributed by atoms with Gasteiger partial charge in [-0.3, -0.25) is 0 Å². The molecule has 0 saturated carbocycles.